The normalized spacial score (nSPS) is 11.1. The van der Waals surface area contributed by atoms with E-state index >= 15 is 0 Å². The van der Waals surface area contributed by atoms with Crippen molar-refractivity contribution in [3.63, 3.8) is 0 Å². The van der Waals surface area contributed by atoms with Crippen LogP contribution in [0, 0.1) is 0 Å². The van der Waals surface area contributed by atoms with Crippen LogP contribution in [0.3, 0.4) is 0 Å². The number of carbonyl (C=O) groups excluding carboxylic acids is 1. The van der Waals surface area contributed by atoms with E-state index in [2.05, 4.69) is 10.3 Å². The molecule has 0 aliphatic heterocycles. The molecule has 2 aromatic carbocycles. The summed E-state index contributed by atoms with van der Waals surface area (Å²) in [6.45, 7) is 0.465. The average molecular weight is 324 g/mol. The maximum Gasteiger partial charge on any atom is 0.261 e. The van der Waals surface area contributed by atoms with Gasteiger partial charge in [0.25, 0.3) is 5.91 Å². The third-order valence-corrected chi connectivity index (χ3v) is 5.54. The van der Waals surface area contributed by atoms with E-state index in [-0.39, 0.29) is 5.91 Å². The number of hydrogen-bond acceptors (Lipinski definition) is 4. The minimum Gasteiger partial charge on any atom is -0.345 e. The van der Waals surface area contributed by atoms with Gasteiger partial charge in [0.05, 0.1) is 21.6 Å². The Bertz CT molecular complexity index is 905. The van der Waals surface area contributed by atoms with Crippen molar-refractivity contribution in [1.29, 1.82) is 0 Å². The summed E-state index contributed by atoms with van der Waals surface area (Å²) >= 11 is 3.13. The minimum absolute atomic E-state index is 0.0412. The van der Waals surface area contributed by atoms with Crippen LogP contribution >= 0.6 is 22.7 Å². The topological polar surface area (TPSA) is 42.0 Å². The lowest BCUT2D eigenvalue weighted by atomic mass is 10.2. The smallest absolute Gasteiger partial charge is 0.261 e. The predicted octanol–water partition coefficient (Wildman–Crippen LogP) is 4.44. The number of amides is 1. The number of thiazole rings is 1. The van der Waals surface area contributed by atoms with Crippen LogP contribution in [-0.2, 0) is 6.54 Å². The number of aromatic nitrogens is 1. The van der Waals surface area contributed by atoms with Crippen LogP contribution in [0.25, 0.3) is 20.3 Å². The molecule has 0 unspecified atom stereocenters. The fourth-order valence-corrected chi connectivity index (χ4v) is 4.22. The van der Waals surface area contributed by atoms with Crippen molar-refractivity contribution in [3.8, 4) is 0 Å². The quantitative estimate of drug-likeness (QED) is 0.605. The predicted molar refractivity (Wildman–Crippen MR) is 92.6 cm³/mol. The first-order valence-corrected chi connectivity index (χ1v) is 8.54. The highest BCUT2D eigenvalue weighted by Crippen LogP contribution is 2.25. The van der Waals surface area contributed by atoms with Crippen molar-refractivity contribution in [2.24, 2.45) is 0 Å². The van der Waals surface area contributed by atoms with Crippen LogP contribution in [0.15, 0.2) is 54.6 Å². The monoisotopic (exact) mass is 324 g/mol. The first-order valence-electron chi connectivity index (χ1n) is 6.91. The number of fused-ring (bicyclic) bond motifs is 2. The second kappa shape index (κ2) is 5.51. The largest absolute Gasteiger partial charge is 0.345 e. The van der Waals surface area contributed by atoms with Crippen molar-refractivity contribution in [1.82, 2.24) is 10.3 Å². The molecule has 1 amide bonds. The molecule has 0 aliphatic carbocycles. The summed E-state index contributed by atoms with van der Waals surface area (Å²) < 4.78 is 2.28. The van der Waals surface area contributed by atoms with E-state index in [4.69, 9.17) is 0 Å². The molecular weight excluding hydrogens is 312 g/mol. The lowest BCUT2D eigenvalue weighted by Gasteiger charge is -1.99. The summed E-state index contributed by atoms with van der Waals surface area (Å²) in [6.07, 6.45) is 0. The Morgan fingerprint density at radius 2 is 1.77 bits per heavy atom. The van der Waals surface area contributed by atoms with Crippen LogP contribution in [0.1, 0.15) is 14.7 Å². The van der Waals surface area contributed by atoms with Crippen molar-refractivity contribution in [3.05, 3.63) is 64.5 Å². The summed E-state index contributed by atoms with van der Waals surface area (Å²) in [5.41, 5.74) is 0.985. The van der Waals surface area contributed by atoms with Crippen LogP contribution < -0.4 is 5.32 Å². The first kappa shape index (κ1) is 13.4. The molecule has 0 spiro atoms. The standard InChI is InChI=1S/C17H12N2OS2/c20-17(15-9-11-5-1-3-7-13(11)21-15)18-10-16-19-12-6-2-4-8-14(12)22-16/h1-9H,10H2,(H,18,20). The molecule has 0 aliphatic rings. The van der Waals surface area contributed by atoms with Gasteiger partial charge in [-0.25, -0.2) is 4.98 Å². The molecule has 3 nitrogen and oxygen atoms in total. The number of rotatable bonds is 3. The molecule has 0 atom stereocenters. The van der Waals surface area contributed by atoms with Gasteiger partial charge < -0.3 is 5.32 Å². The molecule has 4 rings (SSSR count). The molecule has 0 saturated heterocycles. The van der Waals surface area contributed by atoms with E-state index in [1.165, 1.54) is 11.3 Å². The van der Waals surface area contributed by atoms with Crippen LogP contribution in [-0.4, -0.2) is 10.9 Å². The number of para-hydroxylation sites is 1. The molecule has 0 fully saturated rings. The highest BCUT2D eigenvalue weighted by atomic mass is 32.1. The fraction of sp³-hybridized carbons (Fsp3) is 0.0588. The summed E-state index contributed by atoms with van der Waals surface area (Å²) in [4.78, 5) is 17.5. The Morgan fingerprint density at radius 3 is 2.59 bits per heavy atom. The number of thiophene rings is 1. The Kier molecular flexibility index (Phi) is 3.36. The zero-order valence-electron chi connectivity index (χ0n) is 11.6. The van der Waals surface area contributed by atoms with Gasteiger partial charge in [0.2, 0.25) is 0 Å². The molecule has 4 aromatic rings. The van der Waals surface area contributed by atoms with Gasteiger partial charge in [-0.3, -0.25) is 4.79 Å². The Balaban J connectivity index is 1.51. The summed E-state index contributed by atoms with van der Waals surface area (Å²) in [7, 11) is 0. The molecule has 0 bridgehead atoms. The summed E-state index contributed by atoms with van der Waals surface area (Å²) in [6, 6.07) is 18.0. The van der Waals surface area contributed by atoms with Crippen molar-refractivity contribution >= 4 is 48.9 Å². The molecule has 2 aromatic heterocycles. The van der Waals surface area contributed by atoms with Crippen molar-refractivity contribution in [2.45, 2.75) is 6.54 Å². The number of nitrogens with one attached hydrogen (secondary N) is 1. The summed E-state index contributed by atoms with van der Waals surface area (Å²) in [5.74, 6) is -0.0412. The van der Waals surface area contributed by atoms with E-state index < -0.39 is 0 Å². The Labute approximate surface area is 135 Å². The second-order valence-corrected chi connectivity index (χ2v) is 7.11. The number of nitrogens with zero attached hydrogens (tertiary/aromatic N) is 1. The molecule has 1 N–H and O–H groups in total. The minimum atomic E-state index is -0.0412. The highest BCUT2D eigenvalue weighted by molar-refractivity contribution is 7.20. The Morgan fingerprint density at radius 1 is 1.00 bits per heavy atom. The van der Waals surface area contributed by atoms with Gasteiger partial charge >= 0.3 is 0 Å². The summed E-state index contributed by atoms with van der Waals surface area (Å²) in [5, 5.41) is 4.99. The molecule has 2 heterocycles. The maximum absolute atomic E-state index is 12.3. The lowest BCUT2D eigenvalue weighted by Crippen LogP contribution is -2.21. The van der Waals surface area contributed by atoms with Crippen molar-refractivity contribution < 1.29 is 4.79 Å². The molecule has 22 heavy (non-hydrogen) atoms. The zero-order chi connectivity index (χ0) is 14.9. The van der Waals surface area contributed by atoms with Gasteiger partial charge in [0.1, 0.15) is 5.01 Å². The van der Waals surface area contributed by atoms with Gasteiger partial charge in [0, 0.05) is 4.70 Å². The van der Waals surface area contributed by atoms with E-state index in [0.717, 1.165) is 30.2 Å². The first-order chi connectivity index (χ1) is 10.8. The van der Waals surface area contributed by atoms with E-state index in [9.17, 15) is 4.79 Å². The van der Waals surface area contributed by atoms with Gasteiger partial charge in [-0.15, -0.1) is 22.7 Å². The van der Waals surface area contributed by atoms with Gasteiger partial charge in [0.15, 0.2) is 0 Å². The molecular formula is C17H12N2OS2. The maximum atomic E-state index is 12.3. The Hall–Kier alpha value is -2.24. The number of benzene rings is 2. The van der Waals surface area contributed by atoms with Crippen LogP contribution in [0.5, 0.6) is 0 Å². The van der Waals surface area contributed by atoms with Gasteiger partial charge in [-0.2, -0.15) is 0 Å². The van der Waals surface area contributed by atoms with Crippen LogP contribution in [0.2, 0.25) is 0 Å². The third-order valence-electron chi connectivity index (χ3n) is 3.39. The SMILES string of the molecule is O=C(NCc1nc2ccccc2s1)c1cc2ccccc2s1. The average Bonchev–Trinajstić information content (AvgIpc) is 3.15. The lowest BCUT2D eigenvalue weighted by molar-refractivity contribution is 0.0955. The van der Waals surface area contributed by atoms with Crippen LogP contribution in [0.4, 0.5) is 0 Å². The molecule has 5 heteroatoms. The molecule has 0 saturated carbocycles. The molecule has 108 valence electrons. The number of hydrogen-bond donors (Lipinski definition) is 1. The second-order valence-electron chi connectivity index (χ2n) is 4.91. The molecule has 0 radical (unpaired) electrons. The number of carbonyl (C=O) groups is 1. The van der Waals surface area contributed by atoms with E-state index in [1.807, 2.05) is 54.6 Å². The third kappa shape index (κ3) is 2.49. The van der Waals surface area contributed by atoms with Gasteiger partial charge in [-0.1, -0.05) is 30.3 Å². The fourth-order valence-electron chi connectivity index (χ4n) is 2.33. The van der Waals surface area contributed by atoms with Crippen molar-refractivity contribution in [2.75, 3.05) is 0 Å². The van der Waals surface area contributed by atoms with Gasteiger partial charge in [-0.05, 0) is 29.7 Å². The zero-order valence-corrected chi connectivity index (χ0v) is 13.2. The van der Waals surface area contributed by atoms with E-state index in [0.29, 0.717) is 6.54 Å². The highest BCUT2D eigenvalue weighted by Gasteiger charge is 2.11. The van der Waals surface area contributed by atoms with E-state index in [1.54, 1.807) is 11.3 Å².